The number of amides is 2. The van der Waals surface area contributed by atoms with Gasteiger partial charge in [0.1, 0.15) is 11.6 Å². The lowest BCUT2D eigenvalue weighted by Gasteiger charge is -2.09. The standard InChI is InChI=1S/C15H13ClF2N2O/c16-13-9-12(18)4-5-14(13)20-15(21)19-7-6-10-2-1-3-11(17)8-10/h1-5,8-9H,6-7H2,(H2,19,20,21). The quantitative estimate of drug-likeness (QED) is 0.881. The van der Waals surface area contributed by atoms with Crippen LogP contribution in [0.3, 0.4) is 0 Å². The number of hydrogen-bond donors (Lipinski definition) is 2. The molecular weight excluding hydrogens is 298 g/mol. The van der Waals surface area contributed by atoms with Crippen molar-refractivity contribution in [3.63, 3.8) is 0 Å². The Morgan fingerprint density at radius 2 is 1.86 bits per heavy atom. The third-order valence-corrected chi connectivity index (χ3v) is 3.08. The highest BCUT2D eigenvalue weighted by Gasteiger charge is 2.06. The zero-order valence-corrected chi connectivity index (χ0v) is 11.8. The zero-order chi connectivity index (χ0) is 15.2. The SMILES string of the molecule is O=C(NCCc1cccc(F)c1)Nc1ccc(F)cc1Cl. The summed E-state index contributed by atoms with van der Waals surface area (Å²) in [7, 11) is 0. The van der Waals surface area contributed by atoms with Gasteiger partial charge in [-0.05, 0) is 42.3 Å². The number of halogens is 3. The predicted molar refractivity (Wildman–Crippen MR) is 78.5 cm³/mol. The van der Waals surface area contributed by atoms with Crippen LogP contribution in [0.5, 0.6) is 0 Å². The average molecular weight is 311 g/mol. The van der Waals surface area contributed by atoms with Crippen LogP contribution in [0.2, 0.25) is 5.02 Å². The number of benzene rings is 2. The number of rotatable bonds is 4. The van der Waals surface area contributed by atoms with E-state index in [4.69, 9.17) is 11.6 Å². The molecule has 3 nitrogen and oxygen atoms in total. The van der Waals surface area contributed by atoms with E-state index in [0.717, 1.165) is 11.6 Å². The maximum absolute atomic E-state index is 13.0. The van der Waals surface area contributed by atoms with Crippen LogP contribution < -0.4 is 10.6 Å². The van der Waals surface area contributed by atoms with Crippen molar-refractivity contribution in [1.29, 1.82) is 0 Å². The minimum absolute atomic E-state index is 0.121. The van der Waals surface area contributed by atoms with Crippen LogP contribution in [-0.2, 0) is 6.42 Å². The minimum atomic E-state index is -0.475. The maximum atomic E-state index is 13.0. The molecule has 0 spiro atoms. The summed E-state index contributed by atoms with van der Waals surface area (Å²) >= 11 is 5.80. The minimum Gasteiger partial charge on any atom is -0.338 e. The summed E-state index contributed by atoms with van der Waals surface area (Å²) in [6.45, 7) is 0.341. The summed E-state index contributed by atoms with van der Waals surface area (Å²) < 4.78 is 25.8. The molecule has 0 radical (unpaired) electrons. The highest BCUT2D eigenvalue weighted by atomic mass is 35.5. The first-order chi connectivity index (χ1) is 10.0. The molecule has 0 aliphatic rings. The summed E-state index contributed by atoms with van der Waals surface area (Å²) in [5, 5.41) is 5.25. The smallest absolute Gasteiger partial charge is 0.319 e. The van der Waals surface area contributed by atoms with Crippen molar-refractivity contribution >= 4 is 23.3 Å². The molecule has 0 aliphatic heterocycles. The predicted octanol–water partition coefficient (Wildman–Crippen LogP) is 3.98. The van der Waals surface area contributed by atoms with E-state index in [1.165, 1.54) is 24.3 Å². The van der Waals surface area contributed by atoms with E-state index in [2.05, 4.69) is 10.6 Å². The van der Waals surface area contributed by atoms with Crippen LogP contribution in [0.4, 0.5) is 19.3 Å². The Kier molecular flexibility index (Phi) is 5.11. The zero-order valence-electron chi connectivity index (χ0n) is 11.0. The van der Waals surface area contributed by atoms with Gasteiger partial charge in [0.05, 0.1) is 10.7 Å². The number of hydrogen-bond acceptors (Lipinski definition) is 1. The molecule has 6 heteroatoms. The monoisotopic (exact) mass is 310 g/mol. The molecule has 2 amide bonds. The van der Waals surface area contributed by atoms with Crippen LogP contribution in [0.1, 0.15) is 5.56 Å². The Balaban J connectivity index is 1.82. The molecular formula is C15H13ClF2N2O. The van der Waals surface area contributed by atoms with Gasteiger partial charge in [-0.15, -0.1) is 0 Å². The normalized spacial score (nSPS) is 10.2. The second-order valence-corrected chi connectivity index (χ2v) is 4.79. The summed E-state index contributed by atoms with van der Waals surface area (Å²) in [4.78, 5) is 11.7. The molecule has 0 fully saturated rings. The fraction of sp³-hybridized carbons (Fsp3) is 0.133. The lowest BCUT2D eigenvalue weighted by Crippen LogP contribution is -2.30. The Morgan fingerprint density at radius 1 is 1.10 bits per heavy atom. The highest BCUT2D eigenvalue weighted by molar-refractivity contribution is 6.33. The summed E-state index contributed by atoms with van der Waals surface area (Å²) in [5.74, 6) is -0.785. The van der Waals surface area contributed by atoms with Gasteiger partial charge in [0, 0.05) is 6.54 Å². The molecule has 2 N–H and O–H groups in total. The summed E-state index contributed by atoms with van der Waals surface area (Å²) in [5.41, 5.74) is 1.11. The van der Waals surface area contributed by atoms with Crippen molar-refractivity contribution in [2.75, 3.05) is 11.9 Å². The lowest BCUT2D eigenvalue weighted by molar-refractivity contribution is 0.252. The molecule has 0 unspecified atom stereocenters. The third kappa shape index (κ3) is 4.72. The molecule has 0 heterocycles. The summed E-state index contributed by atoms with van der Waals surface area (Å²) in [6, 6.07) is 9.40. The van der Waals surface area contributed by atoms with Gasteiger partial charge >= 0.3 is 6.03 Å². The van der Waals surface area contributed by atoms with E-state index in [9.17, 15) is 13.6 Å². The van der Waals surface area contributed by atoms with E-state index in [1.807, 2.05) is 0 Å². The van der Waals surface area contributed by atoms with Crippen LogP contribution in [-0.4, -0.2) is 12.6 Å². The fourth-order valence-electron chi connectivity index (χ4n) is 1.77. The van der Waals surface area contributed by atoms with Gasteiger partial charge in [-0.3, -0.25) is 0 Å². The number of anilines is 1. The molecule has 0 atom stereocenters. The molecule has 0 aliphatic carbocycles. The number of nitrogens with one attached hydrogen (secondary N) is 2. The van der Waals surface area contributed by atoms with Gasteiger partial charge in [-0.2, -0.15) is 0 Å². The Hall–Kier alpha value is -2.14. The van der Waals surface area contributed by atoms with E-state index in [-0.39, 0.29) is 10.8 Å². The second kappa shape index (κ2) is 7.04. The average Bonchev–Trinajstić information content (AvgIpc) is 2.42. The van der Waals surface area contributed by atoms with Gasteiger partial charge in [0.15, 0.2) is 0 Å². The van der Waals surface area contributed by atoms with Crippen LogP contribution in [0.15, 0.2) is 42.5 Å². The number of carbonyl (C=O) groups excluding carboxylic acids is 1. The first-order valence-electron chi connectivity index (χ1n) is 6.29. The molecule has 2 aromatic rings. The van der Waals surface area contributed by atoms with Gasteiger partial charge < -0.3 is 10.6 Å². The van der Waals surface area contributed by atoms with Gasteiger partial charge in [0.2, 0.25) is 0 Å². The van der Waals surface area contributed by atoms with Crippen molar-refractivity contribution in [2.24, 2.45) is 0 Å². The van der Waals surface area contributed by atoms with Crippen LogP contribution >= 0.6 is 11.6 Å². The molecule has 110 valence electrons. The van der Waals surface area contributed by atoms with E-state index in [1.54, 1.807) is 12.1 Å². The first-order valence-corrected chi connectivity index (χ1v) is 6.67. The topological polar surface area (TPSA) is 41.1 Å². The van der Waals surface area contributed by atoms with Crippen molar-refractivity contribution < 1.29 is 13.6 Å². The van der Waals surface area contributed by atoms with E-state index in [0.29, 0.717) is 18.7 Å². The van der Waals surface area contributed by atoms with E-state index >= 15 is 0 Å². The van der Waals surface area contributed by atoms with Crippen molar-refractivity contribution in [3.8, 4) is 0 Å². The Labute approximate surface area is 125 Å². The van der Waals surface area contributed by atoms with Gasteiger partial charge in [-0.25, -0.2) is 13.6 Å². The third-order valence-electron chi connectivity index (χ3n) is 2.77. The van der Waals surface area contributed by atoms with Crippen molar-refractivity contribution in [2.45, 2.75) is 6.42 Å². The molecule has 21 heavy (non-hydrogen) atoms. The number of urea groups is 1. The number of carbonyl (C=O) groups is 1. The fourth-order valence-corrected chi connectivity index (χ4v) is 1.98. The van der Waals surface area contributed by atoms with Crippen LogP contribution in [0.25, 0.3) is 0 Å². The van der Waals surface area contributed by atoms with Crippen LogP contribution in [0, 0.1) is 11.6 Å². The largest absolute Gasteiger partial charge is 0.338 e. The molecule has 0 saturated carbocycles. The second-order valence-electron chi connectivity index (χ2n) is 4.38. The van der Waals surface area contributed by atoms with Crippen molar-refractivity contribution in [3.05, 3.63) is 64.7 Å². The van der Waals surface area contributed by atoms with Crippen molar-refractivity contribution in [1.82, 2.24) is 5.32 Å². The first kappa shape index (κ1) is 15.3. The molecule has 2 aromatic carbocycles. The highest BCUT2D eigenvalue weighted by Crippen LogP contribution is 2.22. The maximum Gasteiger partial charge on any atom is 0.319 e. The van der Waals surface area contributed by atoms with Gasteiger partial charge in [0.25, 0.3) is 0 Å². The molecule has 2 rings (SSSR count). The van der Waals surface area contributed by atoms with Gasteiger partial charge in [-0.1, -0.05) is 23.7 Å². The molecule has 0 bridgehead atoms. The Morgan fingerprint density at radius 3 is 2.57 bits per heavy atom. The lowest BCUT2D eigenvalue weighted by atomic mass is 10.1. The molecule has 0 aromatic heterocycles. The summed E-state index contributed by atoms with van der Waals surface area (Å²) in [6.07, 6.45) is 0.502. The van der Waals surface area contributed by atoms with E-state index < -0.39 is 11.8 Å². The Bertz CT molecular complexity index is 649. The molecule has 0 saturated heterocycles.